The Morgan fingerprint density at radius 2 is 1.43 bits per heavy atom. The van der Waals surface area contributed by atoms with Gasteiger partial charge in [-0.1, -0.05) is 24.3 Å². The first kappa shape index (κ1) is 17.2. The summed E-state index contributed by atoms with van der Waals surface area (Å²) in [5.41, 5.74) is 2.01. The van der Waals surface area contributed by atoms with Gasteiger partial charge in [0.2, 0.25) is 11.8 Å². The molecule has 0 atom stereocenters. The summed E-state index contributed by atoms with van der Waals surface area (Å²) >= 11 is 0. The summed E-state index contributed by atoms with van der Waals surface area (Å²) in [7, 11) is 0. The van der Waals surface area contributed by atoms with Gasteiger partial charge >= 0.3 is 0 Å². The van der Waals surface area contributed by atoms with Crippen LogP contribution in [0.4, 0.5) is 0 Å². The van der Waals surface area contributed by atoms with Gasteiger partial charge in [0.1, 0.15) is 0 Å². The van der Waals surface area contributed by atoms with E-state index < -0.39 is 0 Å². The SMILES string of the molecule is CC(C)N(CCc1ccc(-c2nc(O)cc(O)n2)cc1)C(C)C. The molecular weight excluding hydrogens is 290 g/mol. The van der Waals surface area contributed by atoms with E-state index in [2.05, 4.69) is 42.6 Å². The molecule has 0 radical (unpaired) electrons. The maximum absolute atomic E-state index is 9.44. The molecule has 0 amide bonds. The third-order valence-electron chi connectivity index (χ3n) is 3.90. The Balaban J connectivity index is 2.07. The van der Waals surface area contributed by atoms with E-state index in [0.29, 0.717) is 17.9 Å². The van der Waals surface area contributed by atoms with Gasteiger partial charge in [-0.05, 0) is 39.7 Å². The second-order valence-electron chi connectivity index (χ2n) is 6.28. The summed E-state index contributed by atoms with van der Waals surface area (Å²) in [5, 5.41) is 18.9. The molecule has 0 aliphatic rings. The van der Waals surface area contributed by atoms with Gasteiger partial charge in [0, 0.05) is 24.2 Å². The van der Waals surface area contributed by atoms with Crippen LogP contribution >= 0.6 is 0 Å². The van der Waals surface area contributed by atoms with Crippen molar-refractivity contribution < 1.29 is 10.2 Å². The lowest BCUT2D eigenvalue weighted by atomic mass is 10.1. The maximum Gasteiger partial charge on any atom is 0.218 e. The van der Waals surface area contributed by atoms with Gasteiger partial charge in [0.25, 0.3) is 0 Å². The van der Waals surface area contributed by atoms with Crippen LogP contribution in [0.25, 0.3) is 11.4 Å². The number of hydrogen-bond acceptors (Lipinski definition) is 5. The molecule has 2 N–H and O–H groups in total. The largest absolute Gasteiger partial charge is 0.493 e. The van der Waals surface area contributed by atoms with E-state index in [-0.39, 0.29) is 11.8 Å². The van der Waals surface area contributed by atoms with Crippen LogP contribution in [0.2, 0.25) is 0 Å². The molecule has 2 rings (SSSR count). The predicted octanol–water partition coefficient (Wildman–Crippen LogP) is 3.22. The first-order chi connectivity index (χ1) is 10.9. The molecule has 5 nitrogen and oxygen atoms in total. The van der Waals surface area contributed by atoms with Crippen molar-refractivity contribution >= 4 is 0 Å². The van der Waals surface area contributed by atoms with Crippen LogP contribution in [0.3, 0.4) is 0 Å². The van der Waals surface area contributed by atoms with Crippen molar-refractivity contribution in [3.05, 3.63) is 35.9 Å². The minimum atomic E-state index is -0.235. The third-order valence-corrected chi connectivity index (χ3v) is 3.90. The van der Waals surface area contributed by atoms with Crippen LogP contribution in [-0.2, 0) is 6.42 Å². The number of rotatable bonds is 6. The number of aromatic hydroxyl groups is 2. The van der Waals surface area contributed by atoms with E-state index in [9.17, 15) is 10.2 Å². The Hall–Kier alpha value is -2.14. The van der Waals surface area contributed by atoms with E-state index >= 15 is 0 Å². The quantitative estimate of drug-likeness (QED) is 0.856. The van der Waals surface area contributed by atoms with Gasteiger partial charge in [0.15, 0.2) is 5.82 Å². The lowest BCUT2D eigenvalue weighted by Crippen LogP contribution is -2.38. The van der Waals surface area contributed by atoms with Crippen molar-refractivity contribution in [1.82, 2.24) is 14.9 Å². The van der Waals surface area contributed by atoms with E-state index in [1.54, 1.807) is 0 Å². The van der Waals surface area contributed by atoms with Gasteiger partial charge in [-0.2, -0.15) is 9.97 Å². The minimum Gasteiger partial charge on any atom is -0.493 e. The topological polar surface area (TPSA) is 69.5 Å². The van der Waals surface area contributed by atoms with Crippen LogP contribution in [0.1, 0.15) is 33.3 Å². The lowest BCUT2D eigenvalue weighted by Gasteiger charge is -2.30. The number of hydrogen-bond donors (Lipinski definition) is 2. The predicted molar refractivity (Wildman–Crippen MR) is 91.5 cm³/mol. The highest BCUT2D eigenvalue weighted by Gasteiger charge is 2.13. The molecule has 0 spiro atoms. The molecule has 0 aliphatic carbocycles. The smallest absolute Gasteiger partial charge is 0.218 e. The van der Waals surface area contributed by atoms with E-state index in [1.807, 2.05) is 24.3 Å². The molecule has 0 saturated heterocycles. The Kier molecular flexibility index (Phi) is 5.55. The van der Waals surface area contributed by atoms with E-state index in [0.717, 1.165) is 24.6 Å². The molecule has 23 heavy (non-hydrogen) atoms. The number of aromatic nitrogens is 2. The molecule has 0 saturated carbocycles. The summed E-state index contributed by atoms with van der Waals surface area (Å²) in [5.74, 6) is -0.151. The average molecular weight is 315 g/mol. The van der Waals surface area contributed by atoms with Gasteiger partial charge in [-0.25, -0.2) is 0 Å². The highest BCUT2D eigenvalue weighted by molar-refractivity contribution is 5.56. The summed E-state index contributed by atoms with van der Waals surface area (Å²) in [6.45, 7) is 9.88. The van der Waals surface area contributed by atoms with Crippen LogP contribution in [0.5, 0.6) is 11.8 Å². The van der Waals surface area contributed by atoms with Crippen LogP contribution in [0.15, 0.2) is 30.3 Å². The molecule has 5 heteroatoms. The van der Waals surface area contributed by atoms with Crippen molar-refractivity contribution in [3.63, 3.8) is 0 Å². The zero-order valence-electron chi connectivity index (χ0n) is 14.2. The van der Waals surface area contributed by atoms with Gasteiger partial charge in [0.05, 0.1) is 6.07 Å². The summed E-state index contributed by atoms with van der Waals surface area (Å²) in [4.78, 5) is 10.3. The van der Waals surface area contributed by atoms with Gasteiger partial charge in [-0.3, -0.25) is 4.90 Å². The lowest BCUT2D eigenvalue weighted by molar-refractivity contribution is 0.177. The number of nitrogens with zero attached hydrogens (tertiary/aromatic N) is 3. The zero-order chi connectivity index (χ0) is 17.0. The first-order valence-corrected chi connectivity index (χ1v) is 7.99. The average Bonchev–Trinajstić information content (AvgIpc) is 2.46. The van der Waals surface area contributed by atoms with Crippen molar-refractivity contribution in [3.8, 4) is 23.1 Å². The van der Waals surface area contributed by atoms with Crippen LogP contribution < -0.4 is 0 Å². The zero-order valence-corrected chi connectivity index (χ0v) is 14.2. The van der Waals surface area contributed by atoms with Crippen LogP contribution in [-0.4, -0.2) is 43.7 Å². The molecule has 124 valence electrons. The second kappa shape index (κ2) is 7.42. The summed E-state index contributed by atoms with van der Waals surface area (Å²) in [6.07, 6.45) is 0.975. The third kappa shape index (κ3) is 4.66. The highest BCUT2D eigenvalue weighted by atomic mass is 16.3. The van der Waals surface area contributed by atoms with Crippen molar-refractivity contribution in [2.24, 2.45) is 0 Å². The Morgan fingerprint density at radius 3 is 1.91 bits per heavy atom. The molecule has 0 fully saturated rings. The normalized spacial score (nSPS) is 11.6. The minimum absolute atomic E-state index is 0.235. The fourth-order valence-corrected chi connectivity index (χ4v) is 2.74. The molecule has 1 aromatic carbocycles. The van der Waals surface area contributed by atoms with Crippen LogP contribution in [0, 0.1) is 0 Å². The fourth-order valence-electron chi connectivity index (χ4n) is 2.74. The van der Waals surface area contributed by atoms with Crippen molar-refractivity contribution in [2.75, 3.05) is 6.54 Å². The van der Waals surface area contributed by atoms with Crippen molar-refractivity contribution in [1.29, 1.82) is 0 Å². The Labute approximate surface area is 137 Å². The molecule has 1 aromatic heterocycles. The fraction of sp³-hybridized carbons (Fsp3) is 0.444. The molecule has 1 heterocycles. The molecule has 0 unspecified atom stereocenters. The van der Waals surface area contributed by atoms with Gasteiger partial charge < -0.3 is 10.2 Å². The molecule has 0 bridgehead atoms. The molecular formula is C18H25N3O2. The second-order valence-corrected chi connectivity index (χ2v) is 6.28. The summed E-state index contributed by atoms with van der Waals surface area (Å²) in [6, 6.07) is 10.1. The summed E-state index contributed by atoms with van der Waals surface area (Å²) < 4.78 is 0. The molecule has 2 aromatic rings. The standard InChI is InChI=1S/C18H25N3O2/c1-12(2)21(13(3)4)10-9-14-5-7-15(8-6-14)18-19-16(22)11-17(23)20-18/h5-8,11-13H,9-10H2,1-4H3,(H2,19,20,22,23). The molecule has 0 aliphatic heterocycles. The maximum atomic E-state index is 9.44. The highest BCUT2D eigenvalue weighted by Crippen LogP contribution is 2.21. The Bertz CT molecular complexity index is 611. The van der Waals surface area contributed by atoms with Gasteiger partial charge in [-0.15, -0.1) is 0 Å². The monoisotopic (exact) mass is 315 g/mol. The number of benzene rings is 1. The Morgan fingerprint density at radius 1 is 0.913 bits per heavy atom. The van der Waals surface area contributed by atoms with Crippen molar-refractivity contribution in [2.45, 2.75) is 46.2 Å². The van der Waals surface area contributed by atoms with E-state index in [4.69, 9.17) is 0 Å². The van der Waals surface area contributed by atoms with E-state index in [1.165, 1.54) is 5.56 Å². The first-order valence-electron chi connectivity index (χ1n) is 7.99.